The first kappa shape index (κ1) is 11.8. The standard InChI is InChI=1S/C13H14F3NO/c14-13(15,16)9-3-4-10-11(7-18-12(10)5-9)17-6-8-1-2-8/h3-5,8,11,17H,1-2,6-7H2/t11-/m1/s1. The predicted octanol–water partition coefficient (Wildman–Crippen LogP) is 3.14. The Morgan fingerprint density at radius 2 is 2.06 bits per heavy atom. The van der Waals surface area contributed by atoms with E-state index >= 15 is 0 Å². The van der Waals surface area contributed by atoms with Crippen molar-refractivity contribution in [3.8, 4) is 5.75 Å². The lowest BCUT2D eigenvalue weighted by atomic mass is 10.1. The number of hydrogen-bond acceptors (Lipinski definition) is 2. The SMILES string of the molecule is FC(F)(F)c1ccc2c(c1)OC[C@H]2NCC1CC1. The predicted molar refractivity (Wildman–Crippen MR) is 60.4 cm³/mol. The van der Waals surface area contributed by atoms with E-state index in [0.29, 0.717) is 12.4 Å². The molecular weight excluding hydrogens is 243 g/mol. The van der Waals surface area contributed by atoms with E-state index in [4.69, 9.17) is 4.74 Å². The van der Waals surface area contributed by atoms with Gasteiger partial charge in [-0.1, -0.05) is 6.07 Å². The molecule has 18 heavy (non-hydrogen) atoms. The second-order valence-electron chi connectivity index (χ2n) is 4.97. The number of hydrogen-bond donors (Lipinski definition) is 1. The van der Waals surface area contributed by atoms with E-state index in [1.807, 2.05) is 0 Å². The summed E-state index contributed by atoms with van der Waals surface area (Å²) in [6, 6.07) is 3.77. The largest absolute Gasteiger partial charge is 0.491 e. The molecule has 0 amide bonds. The van der Waals surface area contributed by atoms with Crippen molar-refractivity contribution in [2.45, 2.75) is 25.1 Å². The summed E-state index contributed by atoms with van der Waals surface area (Å²) in [5.41, 5.74) is 0.188. The van der Waals surface area contributed by atoms with Crippen molar-refractivity contribution in [2.75, 3.05) is 13.2 Å². The highest BCUT2D eigenvalue weighted by Crippen LogP contribution is 2.38. The minimum atomic E-state index is -4.31. The summed E-state index contributed by atoms with van der Waals surface area (Å²) in [5.74, 6) is 1.10. The topological polar surface area (TPSA) is 21.3 Å². The van der Waals surface area contributed by atoms with Crippen molar-refractivity contribution in [3.05, 3.63) is 29.3 Å². The molecule has 1 aliphatic carbocycles. The highest BCUT2D eigenvalue weighted by Gasteiger charge is 2.34. The number of rotatable bonds is 3. The molecule has 0 saturated heterocycles. The molecule has 2 aliphatic rings. The van der Waals surface area contributed by atoms with Crippen LogP contribution in [0, 0.1) is 5.92 Å². The van der Waals surface area contributed by atoms with Crippen LogP contribution >= 0.6 is 0 Å². The molecule has 0 bridgehead atoms. The lowest BCUT2D eigenvalue weighted by molar-refractivity contribution is -0.137. The Bertz CT molecular complexity index is 454. The molecule has 0 aromatic heterocycles. The number of benzene rings is 1. The maximum Gasteiger partial charge on any atom is 0.416 e. The number of nitrogens with one attached hydrogen (secondary N) is 1. The highest BCUT2D eigenvalue weighted by molar-refractivity contribution is 5.43. The van der Waals surface area contributed by atoms with Crippen molar-refractivity contribution >= 4 is 0 Å². The van der Waals surface area contributed by atoms with Gasteiger partial charge in [0.2, 0.25) is 0 Å². The van der Waals surface area contributed by atoms with Gasteiger partial charge in [0.15, 0.2) is 0 Å². The van der Waals surface area contributed by atoms with Gasteiger partial charge < -0.3 is 10.1 Å². The Hall–Kier alpha value is -1.23. The summed E-state index contributed by atoms with van der Waals surface area (Å²) >= 11 is 0. The Morgan fingerprint density at radius 1 is 1.28 bits per heavy atom. The van der Waals surface area contributed by atoms with Crippen LogP contribution in [0.3, 0.4) is 0 Å². The first-order chi connectivity index (χ1) is 8.54. The summed E-state index contributed by atoms with van der Waals surface area (Å²) in [7, 11) is 0. The molecule has 1 saturated carbocycles. The fraction of sp³-hybridized carbons (Fsp3) is 0.538. The van der Waals surface area contributed by atoms with Crippen LogP contribution in [-0.2, 0) is 6.18 Å². The molecule has 2 nitrogen and oxygen atoms in total. The van der Waals surface area contributed by atoms with Gasteiger partial charge >= 0.3 is 6.18 Å². The first-order valence-electron chi connectivity index (χ1n) is 6.11. The third-order valence-electron chi connectivity index (χ3n) is 3.47. The van der Waals surface area contributed by atoms with E-state index in [0.717, 1.165) is 30.2 Å². The van der Waals surface area contributed by atoms with Gasteiger partial charge in [-0.25, -0.2) is 0 Å². The highest BCUT2D eigenvalue weighted by atomic mass is 19.4. The third kappa shape index (κ3) is 2.32. The Kier molecular flexibility index (Phi) is 2.73. The quantitative estimate of drug-likeness (QED) is 0.898. The fourth-order valence-electron chi connectivity index (χ4n) is 2.19. The number of fused-ring (bicyclic) bond motifs is 1. The molecule has 1 aliphatic heterocycles. The van der Waals surface area contributed by atoms with E-state index in [2.05, 4.69) is 5.32 Å². The third-order valence-corrected chi connectivity index (χ3v) is 3.47. The summed E-state index contributed by atoms with van der Waals surface area (Å²) in [6.45, 7) is 1.35. The number of halogens is 3. The summed E-state index contributed by atoms with van der Waals surface area (Å²) in [4.78, 5) is 0. The Morgan fingerprint density at radius 3 is 2.72 bits per heavy atom. The van der Waals surface area contributed by atoms with Crippen molar-refractivity contribution in [3.63, 3.8) is 0 Å². The minimum absolute atomic E-state index is 0.0304. The zero-order valence-electron chi connectivity index (χ0n) is 9.76. The van der Waals surface area contributed by atoms with Crippen LogP contribution in [0.2, 0.25) is 0 Å². The van der Waals surface area contributed by atoms with Crippen molar-refractivity contribution in [1.82, 2.24) is 5.32 Å². The van der Waals surface area contributed by atoms with Gasteiger partial charge in [-0.05, 0) is 37.4 Å². The van der Waals surface area contributed by atoms with Crippen molar-refractivity contribution in [1.29, 1.82) is 0 Å². The lowest BCUT2D eigenvalue weighted by Crippen LogP contribution is -2.24. The molecule has 5 heteroatoms. The summed E-state index contributed by atoms with van der Waals surface area (Å²) in [6.07, 6.45) is -1.81. The molecule has 1 aromatic carbocycles. The van der Waals surface area contributed by atoms with Crippen LogP contribution in [-0.4, -0.2) is 13.2 Å². The van der Waals surface area contributed by atoms with Crippen LogP contribution in [0.4, 0.5) is 13.2 Å². The number of ether oxygens (including phenoxy) is 1. The van der Waals surface area contributed by atoms with E-state index < -0.39 is 11.7 Å². The van der Waals surface area contributed by atoms with Gasteiger partial charge in [0.1, 0.15) is 12.4 Å². The average molecular weight is 257 g/mol. The Labute approximate surface area is 103 Å². The summed E-state index contributed by atoms with van der Waals surface area (Å²) in [5, 5.41) is 3.35. The van der Waals surface area contributed by atoms with Gasteiger partial charge in [0.25, 0.3) is 0 Å². The van der Waals surface area contributed by atoms with Crippen molar-refractivity contribution in [2.24, 2.45) is 5.92 Å². The molecule has 98 valence electrons. The minimum Gasteiger partial charge on any atom is -0.491 e. The van der Waals surface area contributed by atoms with Crippen LogP contribution in [0.5, 0.6) is 5.75 Å². The zero-order chi connectivity index (χ0) is 12.8. The maximum atomic E-state index is 12.5. The molecular formula is C13H14F3NO. The maximum absolute atomic E-state index is 12.5. The van der Waals surface area contributed by atoms with E-state index in [9.17, 15) is 13.2 Å². The monoisotopic (exact) mass is 257 g/mol. The zero-order valence-corrected chi connectivity index (χ0v) is 9.76. The first-order valence-corrected chi connectivity index (χ1v) is 6.11. The molecule has 1 N–H and O–H groups in total. The van der Waals surface area contributed by atoms with Gasteiger partial charge in [-0.2, -0.15) is 13.2 Å². The van der Waals surface area contributed by atoms with Gasteiger partial charge in [0, 0.05) is 5.56 Å². The second-order valence-corrected chi connectivity index (χ2v) is 4.97. The van der Waals surface area contributed by atoms with E-state index in [1.54, 1.807) is 0 Å². The van der Waals surface area contributed by atoms with E-state index in [-0.39, 0.29) is 6.04 Å². The lowest BCUT2D eigenvalue weighted by Gasteiger charge is -2.11. The van der Waals surface area contributed by atoms with Crippen LogP contribution in [0.15, 0.2) is 18.2 Å². The van der Waals surface area contributed by atoms with Gasteiger partial charge in [-0.15, -0.1) is 0 Å². The average Bonchev–Trinajstić information content (AvgIpc) is 3.05. The molecule has 0 unspecified atom stereocenters. The molecule has 0 radical (unpaired) electrons. The van der Waals surface area contributed by atoms with Crippen LogP contribution in [0.1, 0.15) is 30.0 Å². The summed E-state index contributed by atoms with van der Waals surface area (Å²) < 4.78 is 43.0. The normalized spacial score (nSPS) is 22.7. The molecule has 3 rings (SSSR count). The molecule has 1 fully saturated rings. The molecule has 1 aromatic rings. The molecule has 0 spiro atoms. The van der Waals surface area contributed by atoms with E-state index in [1.165, 1.54) is 18.9 Å². The molecule has 1 heterocycles. The van der Waals surface area contributed by atoms with Crippen LogP contribution < -0.4 is 10.1 Å². The number of alkyl halides is 3. The smallest absolute Gasteiger partial charge is 0.416 e. The van der Waals surface area contributed by atoms with Gasteiger partial charge in [0.05, 0.1) is 11.6 Å². The second kappa shape index (κ2) is 4.16. The Balaban J connectivity index is 1.75. The fourth-order valence-corrected chi connectivity index (χ4v) is 2.19. The molecule has 1 atom stereocenters. The van der Waals surface area contributed by atoms with Crippen LogP contribution in [0.25, 0.3) is 0 Å². The van der Waals surface area contributed by atoms with Gasteiger partial charge in [-0.3, -0.25) is 0 Å². The van der Waals surface area contributed by atoms with Crippen molar-refractivity contribution < 1.29 is 17.9 Å².